The molecule has 0 radical (unpaired) electrons. The number of hydrogen-bond acceptors (Lipinski definition) is 4. The van der Waals surface area contributed by atoms with Gasteiger partial charge in [0.1, 0.15) is 5.82 Å². The molecule has 1 aromatic heterocycles. The minimum absolute atomic E-state index is 0.0103. The number of rotatable bonds is 2. The van der Waals surface area contributed by atoms with Gasteiger partial charge < -0.3 is 15.3 Å². The average molecular weight is 249 g/mol. The number of aromatic nitrogens is 1. The van der Waals surface area contributed by atoms with Crippen molar-refractivity contribution in [1.29, 1.82) is 0 Å². The van der Waals surface area contributed by atoms with Crippen LogP contribution in [0.3, 0.4) is 0 Å². The van der Waals surface area contributed by atoms with Crippen molar-refractivity contribution in [2.45, 2.75) is 19.4 Å². The first-order chi connectivity index (χ1) is 8.61. The number of likely N-dealkylation sites (tertiary alicyclic amines) is 1. The molecular weight excluding hydrogens is 230 g/mol. The molecule has 5 nitrogen and oxygen atoms in total. The van der Waals surface area contributed by atoms with E-state index in [9.17, 15) is 9.90 Å². The smallest absolute Gasteiger partial charge is 0.255 e. The number of nitrogens with one attached hydrogen (secondary N) is 1. The van der Waals surface area contributed by atoms with Gasteiger partial charge in [0.25, 0.3) is 5.91 Å². The highest BCUT2D eigenvalue weighted by atomic mass is 16.3. The van der Waals surface area contributed by atoms with E-state index in [0.717, 1.165) is 5.82 Å². The molecular formula is C13H19N3O2. The van der Waals surface area contributed by atoms with Crippen molar-refractivity contribution in [2.75, 3.05) is 25.5 Å². The van der Waals surface area contributed by atoms with Crippen LogP contribution in [0, 0.1) is 5.92 Å². The summed E-state index contributed by atoms with van der Waals surface area (Å²) in [4.78, 5) is 18.2. The van der Waals surface area contributed by atoms with Crippen LogP contribution in [-0.2, 0) is 0 Å². The van der Waals surface area contributed by atoms with Crippen molar-refractivity contribution in [1.82, 2.24) is 9.88 Å². The lowest BCUT2D eigenvalue weighted by molar-refractivity contribution is 0.0297. The van der Waals surface area contributed by atoms with Gasteiger partial charge in [-0.25, -0.2) is 4.98 Å². The number of hydrogen-bond donors (Lipinski definition) is 2. The Hall–Kier alpha value is -1.62. The van der Waals surface area contributed by atoms with Crippen LogP contribution in [-0.4, -0.2) is 47.1 Å². The van der Waals surface area contributed by atoms with Gasteiger partial charge in [-0.3, -0.25) is 4.79 Å². The lowest BCUT2D eigenvalue weighted by Crippen LogP contribution is -2.44. The molecule has 1 aliphatic rings. The van der Waals surface area contributed by atoms with E-state index in [0.29, 0.717) is 25.1 Å². The summed E-state index contributed by atoms with van der Waals surface area (Å²) in [5.74, 6) is 0.866. The number of amides is 1. The number of aliphatic hydroxyl groups excluding tert-OH is 1. The molecule has 0 aromatic carbocycles. The first-order valence-electron chi connectivity index (χ1n) is 6.23. The molecule has 98 valence electrons. The maximum Gasteiger partial charge on any atom is 0.255 e. The molecule has 2 N–H and O–H groups in total. The Labute approximate surface area is 107 Å². The molecule has 2 heterocycles. The Morgan fingerprint density at radius 3 is 2.89 bits per heavy atom. The lowest BCUT2D eigenvalue weighted by atomic mass is 9.96. The van der Waals surface area contributed by atoms with Crippen molar-refractivity contribution < 1.29 is 9.90 Å². The molecule has 1 aliphatic heterocycles. The van der Waals surface area contributed by atoms with Gasteiger partial charge in [-0.05, 0) is 24.5 Å². The van der Waals surface area contributed by atoms with E-state index in [1.165, 1.54) is 0 Å². The number of pyridine rings is 1. The summed E-state index contributed by atoms with van der Waals surface area (Å²) < 4.78 is 0. The molecule has 0 bridgehead atoms. The summed E-state index contributed by atoms with van der Waals surface area (Å²) in [7, 11) is 1.79. The summed E-state index contributed by atoms with van der Waals surface area (Å²) >= 11 is 0. The highest BCUT2D eigenvalue weighted by Crippen LogP contribution is 2.18. The molecule has 1 amide bonds. The SMILES string of the molecule is CNc1ccc(C(=O)N2CCC(O)C(C)C2)cn1. The van der Waals surface area contributed by atoms with Crippen LogP contribution >= 0.6 is 0 Å². The molecule has 2 rings (SSSR count). The highest BCUT2D eigenvalue weighted by Gasteiger charge is 2.27. The van der Waals surface area contributed by atoms with Crippen LogP contribution in [0.5, 0.6) is 0 Å². The predicted molar refractivity (Wildman–Crippen MR) is 69.5 cm³/mol. The van der Waals surface area contributed by atoms with Crippen molar-refractivity contribution in [2.24, 2.45) is 5.92 Å². The van der Waals surface area contributed by atoms with Crippen LogP contribution in [0.2, 0.25) is 0 Å². The largest absolute Gasteiger partial charge is 0.393 e. The fraction of sp³-hybridized carbons (Fsp3) is 0.538. The molecule has 1 fully saturated rings. The number of nitrogens with zero attached hydrogens (tertiary/aromatic N) is 2. The van der Waals surface area contributed by atoms with Gasteiger partial charge >= 0.3 is 0 Å². The van der Waals surface area contributed by atoms with Crippen molar-refractivity contribution >= 4 is 11.7 Å². The standard InChI is InChI=1S/C13H19N3O2/c1-9-8-16(6-5-11(9)17)13(18)10-3-4-12(14-2)15-7-10/h3-4,7,9,11,17H,5-6,8H2,1-2H3,(H,14,15). The Kier molecular flexibility index (Phi) is 3.81. The fourth-order valence-electron chi connectivity index (χ4n) is 2.17. The maximum atomic E-state index is 12.2. The zero-order valence-corrected chi connectivity index (χ0v) is 10.8. The van der Waals surface area contributed by atoms with E-state index >= 15 is 0 Å². The van der Waals surface area contributed by atoms with Crippen LogP contribution in [0.4, 0.5) is 5.82 Å². The number of carbonyl (C=O) groups is 1. The Morgan fingerprint density at radius 2 is 2.33 bits per heavy atom. The zero-order valence-electron chi connectivity index (χ0n) is 10.8. The monoisotopic (exact) mass is 249 g/mol. The third kappa shape index (κ3) is 2.61. The zero-order chi connectivity index (χ0) is 13.1. The first kappa shape index (κ1) is 12.8. The number of anilines is 1. The molecule has 0 aliphatic carbocycles. The number of carbonyl (C=O) groups excluding carboxylic acids is 1. The molecule has 1 aromatic rings. The van der Waals surface area contributed by atoms with Gasteiger partial charge in [0.2, 0.25) is 0 Å². The Bertz CT molecular complexity index is 419. The summed E-state index contributed by atoms with van der Waals surface area (Å²) in [5, 5.41) is 12.6. The number of piperidine rings is 1. The van der Waals surface area contributed by atoms with E-state index in [-0.39, 0.29) is 17.9 Å². The second kappa shape index (κ2) is 5.35. The van der Waals surface area contributed by atoms with Gasteiger partial charge in [-0.15, -0.1) is 0 Å². The summed E-state index contributed by atoms with van der Waals surface area (Å²) in [5.41, 5.74) is 0.595. The number of aliphatic hydroxyl groups is 1. The normalized spacial score (nSPS) is 23.8. The molecule has 2 unspecified atom stereocenters. The fourth-order valence-corrected chi connectivity index (χ4v) is 2.17. The Morgan fingerprint density at radius 1 is 1.56 bits per heavy atom. The van der Waals surface area contributed by atoms with E-state index in [1.54, 1.807) is 30.3 Å². The van der Waals surface area contributed by atoms with Crippen LogP contribution in [0.1, 0.15) is 23.7 Å². The van der Waals surface area contributed by atoms with E-state index in [4.69, 9.17) is 0 Å². The van der Waals surface area contributed by atoms with Gasteiger partial charge in [0.15, 0.2) is 0 Å². The summed E-state index contributed by atoms with van der Waals surface area (Å²) in [6.45, 7) is 3.18. The predicted octanol–water partition coefficient (Wildman–Crippen LogP) is 0.966. The lowest BCUT2D eigenvalue weighted by Gasteiger charge is -2.34. The van der Waals surface area contributed by atoms with E-state index in [2.05, 4.69) is 10.3 Å². The second-order valence-electron chi connectivity index (χ2n) is 4.77. The minimum atomic E-state index is -0.293. The molecule has 1 saturated heterocycles. The molecule has 0 spiro atoms. The summed E-state index contributed by atoms with van der Waals surface area (Å²) in [6.07, 6.45) is 1.94. The van der Waals surface area contributed by atoms with Crippen molar-refractivity contribution in [3.8, 4) is 0 Å². The van der Waals surface area contributed by atoms with Crippen LogP contribution < -0.4 is 5.32 Å². The average Bonchev–Trinajstić information content (AvgIpc) is 2.41. The minimum Gasteiger partial charge on any atom is -0.393 e. The van der Waals surface area contributed by atoms with Gasteiger partial charge in [-0.1, -0.05) is 6.92 Å². The highest BCUT2D eigenvalue weighted by molar-refractivity contribution is 5.94. The molecule has 18 heavy (non-hydrogen) atoms. The van der Waals surface area contributed by atoms with Gasteiger partial charge in [-0.2, -0.15) is 0 Å². The third-order valence-corrected chi connectivity index (χ3v) is 3.41. The van der Waals surface area contributed by atoms with E-state index < -0.39 is 0 Å². The van der Waals surface area contributed by atoms with Crippen LogP contribution in [0.15, 0.2) is 18.3 Å². The van der Waals surface area contributed by atoms with Gasteiger partial charge in [0.05, 0.1) is 11.7 Å². The maximum absolute atomic E-state index is 12.2. The van der Waals surface area contributed by atoms with Crippen LogP contribution in [0.25, 0.3) is 0 Å². The molecule has 2 atom stereocenters. The first-order valence-corrected chi connectivity index (χ1v) is 6.23. The van der Waals surface area contributed by atoms with Gasteiger partial charge in [0, 0.05) is 26.3 Å². The summed E-state index contributed by atoms with van der Waals surface area (Å²) in [6, 6.07) is 3.56. The molecule has 5 heteroatoms. The van der Waals surface area contributed by atoms with E-state index in [1.807, 2.05) is 6.92 Å². The quantitative estimate of drug-likeness (QED) is 0.819. The third-order valence-electron chi connectivity index (χ3n) is 3.41. The topological polar surface area (TPSA) is 65.5 Å². The Balaban J connectivity index is 2.06. The van der Waals surface area contributed by atoms with Crippen molar-refractivity contribution in [3.63, 3.8) is 0 Å². The second-order valence-corrected chi connectivity index (χ2v) is 4.77. The molecule has 0 saturated carbocycles. The van der Waals surface area contributed by atoms with Crippen molar-refractivity contribution in [3.05, 3.63) is 23.9 Å².